The summed E-state index contributed by atoms with van der Waals surface area (Å²) in [6.45, 7) is 0. The maximum Gasteiger partial charge on any atom is 0.434 e. The van der Waals surface area contributed by atoms with Crippen molar-refractivity contribution in [3.05, 3.63) is 142 Å². The number of nitrogens with two attached hydrogens (primary N) is 1. The summed E-state index contributed by atoms with van der Waals surface area (Å²) in [4.78, 5) is 23.7. The fourth-order valence-electron chi connectivity index (χ4n) is 4.86. The number of hydrogen-bond donors (Lipinski definition) is 2. The molecule has 0 aliphatic heterocycles. The molecule has 0 saturated carbocycles. The SMILES string of the molecule is CS(=O)(=O)c1cccc(N)c1.CS(=O)(=O)c1cccc(NC(=O)c2cnn(-c3ccc(Cl)cc3)c2C(F)(F)F)c1.O=C(Cl)c1cnn(-c2ccc(Cl)cc2)c1C(F)(F)F. The molecule has 6 rings (SSSR count). The Balaban J connectivity index is 0.000000219. The molecule has 3 N–H and O–H groups in total. The highest BCUT2D eigenvalue weighted by Gasteiger charge is 2.41. The van der Waals surface area contributed by atoms with Gasteiger partial charge < -0.3 is 11.1 Å². The Kier molecular flexibility index (Phi) is 14.3. The average molecular weight is 924 g/mol. The number of nitrogen functional groups attached to an aromatic ring is 1. The van der Waals surface area contributed by atoms with E-state index < -0.39 is 65.7 Å². The summed E-state index contributed by atoms with van der Waals surface area (Å²) in [5.41, 5.74) is 2.20. The first kappa shape index (κ1) is 46.3. The Hall–Kier alpha value is -5.41. The van der Waals surface area contributed by atoms with Gasteiger partial charge in [-0.1, -0.05) is 35.3 Å². The van der Waals surface area contributed by atoms with E-state index in [4.69, 9.17) is 40.5 Å². The van der Waals surface area contributed by atoms with Gasteiger partial charge in [0.15, 0.2) is 31.1 Å². The topological polar surface area (TPSA) is 176 Å². The second kappa shape index (κ2) is 18.2. The third-order valence-electron chi connectivity index (χ3n) is 7.48. The highest BCUT2D eigenvalue weighted by atomic mass is 35.5. The summed E-state index contributed by atoms with van der Waals surface area (Å²) in [5.74, 6) is -1.08. The van der Waals surface area contributed by atoms with Crippen LogP contribution in [0.3, 0.4) is 0 Å². The summed E-state index contributed by atoms with van der Waals surface area (Å²) < 4.78 is 126. The van der Waals surface area contributed by atoms with Gasteiger partial charge in [-0.3, -0.25) is 9.59 Å². The first-order valence-electron chi connectivity index (χ1n) is 16.0. The number of nitrogens with zero attached hydrogens (tertiary/aromatic N) is 4. The minimum atomic E-state index is -4.88. The zero-order valence-corrected chi connectivity index (χ0v) is 33.8. The predicted octanol–water partition coefficient (Wildman–Crippen LogP) is 8.80. The van der Waals surface area contributed by atoms with Gasteiger partial charge >= 0.3 is 12.4 Å². The highest BCUT2D eigenvalue weighted by molar-refractivity contribution is 7.91. The van der Waals surface area contributed by atoms with Crippen LogP contribution in [0, 0.1) is 0 Å². The van der Waals surface area contributed by atoms with E-state index in [-0.39, 0.29) is 26.9 Å². The zero-order chi connectivity index (χ0) is 44.1. The number of carbonyl (C=O) groups is 2. The highest BCUT2D eigenvalue weighted by Crippen LogP contribution is 2.36. The zero-order valence-electron chi connectivity index (χ0n) is 29.9. The van der Waals surface area contributed by atoms with Crippen LogP contribution in [0.1, 0.15) is 32.1 Å². The average Bonchev–Trinajstić information content (AvgIpc) is 3.79. The van der Waals surface area contributed by atoms with Crippen LogP contribution in [-0.4, -0.2) is 60.1 Å². The van der Waals surface area contributed by atoms with Gasteiger partial charge in [-0.05, 0) is 96.5 Å². The monoisotopic (exact) mass is 922 g/mol. The van der Waals surface area contributed by atoms with E-state index in [9.17, 15) is 52.8 Å². The normalized spacial score (nSPS) is 11.8. The number of benzene rings is 4. The van der Waals surface area contributed by atoms with Crippen molar-refractivity contribution in [1.29, 1.82) is 0 Å². The summed E-state index contributed by atoms with van der Waals surface area (Å²) in [6.07, 6.45) is -5.92. The molecule has 312 valence electrons. The van der Waals surface area contributed by atoms with Gasteiger partial charge in [0.05, 0.1) is 44.7 Å². The fourth-order valence-corrected chi connectivity index (χ4v) is 6.59. The summed E-state index contributed by atoms with van der Waals surface area (Å²) in [6, 6.07) is 22.4. The molecular weight excluding hydrogens is 897 g/mol. The summed E-state index contributed by atoms with van der Waals surface area (Å²) >= 11 is 16.5. The standard InChI is InChI=1S/C18H13ClF3N3O3S.C11H5Cl2F3N2O.C7H9NO2S/c1-29(27,28)14-4-2-3-12(9-14)24-17(26)15-10-23-25(16(15)18(20,21)22)13-7-5-11(19)6-8-13;12-6-1-3-7(4-2-6)18-9(11(14,15)16)8(5-17-18)10(13)19;1-11(9,10)7-4-2-3-6(8)5-7/h2-10H,1H3,(H,24,26);1-5H;2-5H,8H2,1H3. The maximum atomic E-state index is 13.7. The van der Waals surface area contributed by atoms with Crippen LogP contribution in [0.25, 0.3) is 11.4 Å². The largest absolute Gasteiger partial charge is 0.434 e. The van der Waals surface area contributed by atoms with Gasteiger partial charge in [0, 0.05) is 33.9 Å². The Morgan fingerprint density at radius 2 is 1.05 bits per heavy atom. The van der Waals surface area contributed by atoms with Crippen LogP contribution < -0.4 is 11.1 Å². The third-order valence-corrected chi connectivity index (χ3v) is 10.4. The Morgan fingerprint density at radius 3 is 1.44 bits per heavy atom. The Labute approximate surface area is 346 Å². The number of sulfone groups is 2. The van der Waals surface area contributed by atoms with Crippen molar-refractivity contribution in [2.45, 2.75) is 22.1 Å². The van der Waals surface area contributed by atoms with Gasteiger partial charge in [-0.15, -0.1) is 0 Å². The lowest BCUT2D eigenvalue weighted by Gasteiger charge is -2.13. The van der Waals surface area contributed by atoms with Crippen LogP contribution in [0.5, 0.6) is 0 Å². The number of halogens is 9. The van der Waals surface area contributed by atoms with Gasteiger partial charge in [0.25, 0.3) is 11.1 Å². The van der Waals surface area contributed by atoms with Crippen LogP contribution in [0.2, 0.25) is 10.0 Å². The predicted molar refractivity (Wildman–Crippen MR) is 209 cm³/mol. The molecule has 23 heteroatoms. The van der Waals surface area contributed by atoms with Crippen molar-refractivity contribution in [2.75, 3.05) is 23.6 Å². The van der Waals surface area contributed by atoms with Gasteiger partial charge in [-0.25, -0.2) is 26.2 Å². The molecule has 0 fully saturated rings. The lowest BCUT2D eigenvalue weighted by molar-refractivity contribution is -0.143. The first-order chi connectivity index (χ1) is 27.3. The number of alkyl halides is 6. The van der Waals surface area contributed by atoms with Crippen molar-refractivity contribution in [3.8, 4) is 11.4 Å². The molecule has 59 heavy (non-hydrogen) atoms. The molecule has 6 aromatic rings. The minimum Gasteiger partial charge on any atom is -0.399 e. The molecular formula is C36H27Cl3F6N6O6S2. The number of nitrogens with one attached hydrogen (secondary N) is 1. The van der Waals surface area contributed by atoms with Crippen LogP contribution >= 0.6 is 34.8 Å². The minimum absolute atomic E-state index is 0.0327. The molecule has 0 unspecified atom stereocenters. The van der Waals surface area contributed by atoms with Crippen LogP contribution in [-0.2, 0) is 32.0 Å². The molecule has 0 atom stereocenters. The van der Waals surface area contributed by atoms with E-state index in [1.54, 1.807) is 12.1 Å². The third kappa shape index (κ3) is 12.3. The van der Waals surface area contributed by atoms with E-state index in [0.29, 0.717) is 25.1 Å². The lowest BCUT2D eigenvalue weighted by Crippen LogP contribution is -2.20. The Morgan fingerprint density at radius 1 is 0.644 bits per heavy atom. The molecule has 0 aliphatic carbocycles. The fraction of sp³-hybridized carbons (Fsp3) is 0.111. The van der Waals surface area contributed by atoms with E-state index in [1.165, 1.54) is 78.9 Å². The summed E-state index contributed by atoms with van der Waals surface area (Å²) in [5, 5.41) is 9.02. The van der Waals surface area contributed by atoms with Crippen molar-refractivity contribution < 1.29 is 52.8 Å². The number of anilines is 2. The maximum absolute atomic E-state index is 13.7. The summed E-state index contributed by atoms with van der Waals surface area (Å²) in [7, 11) is -6.66. The van der Waals surface area contributed by atoms with Crippen molar-refractivity contribution in [1.82, 2.24) is 19.6 Å². The van der Waals surface area contributed by atoms with Crippen molar-refractivity contribution in [3.63, 3.8) is 0 Å². The molecule has 4 aromatic carbocycles. The van der Waals surface area contributed by atoms with Gasteiger partial charge in [0.2, 0.25) is 0 Å². The Bertz CT molecular complexity index is 2710. The smallest absolute Gasteiger partial charge is 0.399 e. The molecule has 0 spiro atoms. The van der Waals surface area contributed by atoms with Crippen LogP contribution in [0.4, 0.5) is 37.7 Å². The molecule has 0 aliphatic rings. The molecule has 0 bridgehead atoms. The number of aromatic nitrogens is 4. The van der Waals surface area contributed by atoms with Crippen molar-refractivity contribution >= 4 is 77.0 Å². The second-order valence-corrected chi connectivity index (χ2v) is 17.2. The first-order valence-corrected chi connectivity index (χ1v) is 20.9. The second-order valence-electron chi connectivity index (χ2n) is 12.0. The quantitative estimate of drug-likeness (QED) is 0.0901. The molecule has 0 saturated heterocycles. The van der Waals surface area contributed by atoms with Crippen LogP contribution in [0.15, 0.2) is 119 Å². The van der Waals surface area contributed by atoms with Gasteiger partial charge in [0.1, 0.15) is 0 Å². The number of amides is 1. The van der Waals surface area contributed by atoms with E-state index >= 15 is 0 Å². The molecule has 12 nitrogen and oxygen atoms in total. The number of carbonyl (C=O) groups excluding carboxylic acids is 2. The molecule has 0 radical (unpaired) electrons. The lowest BCUT2D eigenvalue weighted by atomic mass is 10.2. The van der Waals surface area contributed by atoms with E-state index in [0.717, 1.165) is 31.0 Å². The number of hydrogen-bond acceptors (Lipinski definition) is 9. The van der Waals surface area contributed by atoms with E-state index in [1.807, 2.05) is 0 Å². The van der Waals surface area contributed by atoms with Crippen molar-refractivity contribution in [2.24, 2.45) is 0 Å². The number of rotatable bonds is 7. The molecule has 2 heterocycles. The molecule has 2 aromatic heterocycles. The van der Waals surface area contributed by atoms with Gasteiger partial charge in [-0.2, -0.15) is 36.5 Å². The molecule has 1 amide bonds. The van der Waals surface area contributed by atoms with E-state index in [2.05, 4.69) is 15.5 Å².